The van der Waals surface area contributed by atoms with Crippen LogP contribution in [0.2, 0.25) is 0 Å². The third-order valence-corrected chi connectivity index (χ3v) is 5.74. The Kier molecular flexibility index (Phi) is 4.56. The normalized spacial score (nSPS) is 16.2. The number of nitrogens with one attached hydrogen (secondary N) is 2. The maximum absolute atomic E-state index is 12.4. The Morgan fingerprint density at radius 2 is 1.82 bits per heavy atom. The zero-order chi connectivity index (χ0) is 15.4. The average Bonchev–Trinajstić information content (AvgIpc) is 3.21. The maximum Gasteiger partial charge on any atom is 0.243 e. The van der Waals surface area contributed by atoms with Crippen LogP contribution in [0.3, 0.4) is 0 Å². The summed E-state index contributed by atoms with van der Waals surface area (Å²) in [5, 5.41) is 10.1. The molecule has 2 N–H and O–H groups in total. The van der Waals surface area contributed by atoms with E-state index in [0.29, 0.717) is 31.1 Å². The van der Waals surface area contributed by atoms with Crippen LogP contribution in [-0.4, -0.2) is 36.0 Å². The lowest BCUT2D eigenvalue weighted by atomic mass is 10.2. The minimum atomic E-state index is -3.31. The summed E-state index contributed by atoms with van der Waals surface area (Å²) < 4.78 is 26.4. The van der Waals surface area contributed by atoms with E-state index in [2.05, 4.69) is 15.5 Å². The summed E-state index contributed by atoms with van der Waals surface area (Å²) in [4.78, 5) is 0.381. The summed E-state index contributed by atoms with van der Waals surface area (Å²) >= 11 is 0. The van der Waals surface area contributed by atoms with Gasteiger partial charge in [-0.05, 0) is 36.6 Å². The van der Waals surface area contributed by atoms with Crippen LogP contribution < -0.4 is 5.32 Å². The van der Waals surface area contributed by atoms with Gasteiger partial charge in [0.2, 0.25) is 10.0 Å². The Morgan fingerprint density at radius 1 is 1.09 bits per heavy atom. The number of rotatable bonds is 6. The largest absolute Gasteiger partial charge is 0.307 e. The number of hydrogen-bond donors (Lipinski definition) is 2. The molecule has 2 aromatic rings. The van der Waals surface area contributed by atoms with E-state index in [0.717, 1.165) is 24.1 Å². The van der Waals surface area contributed by atoms with Gasteiger partial charge in [0, 0.05) is 38.1 Å². The molecule has 1 aliphatic heterocycles. The summed E-state index contributed by atoms with van der Waals surface area (Å²) in [7, 11) is -3.31. The summed E-state index contributed by atoms with van der Waals surface area (Å²) in [5.74, 6) is 0. The number of aromatic amines is 1. The zero-order valence-electron chi connectivity index (χ0n) is 12.3. The highest BCUT2D eigenvalue weighted by Gasteiger charge is 2.26. The fourth-order valence-corrected chi connectivity index (χ4v) is 4.10. The van der Waals surface area contributed by atoms with Gasteiger partial charge in [0.15, 0.2) is 0 Å². The number of benzene rings is 1. The second-order valence-electron chi connectivity index (χ2n) is 5.44. The molecule has 0 bridgehead atoms. The second-order valence-corrected chi connectivity index (χ2v) is 7.38. The van der Waals surface area contributed by atoms with Crippen LogP contribution in [0, 0.1) is 0 Å². The number of nitrogens with zero attached hydrogens (tertiary/aromatic N) is 2. The zero-order valence-corrected chi connectivity index (χ0v) is 13.1. The summed E-state index contributed by atoms with van der Waals surface area (Å²) in [6.45, 7) is 2.66. The smallest absolute Gasteiger partial charge is 0.243 e. The van der Waals surface area contributed by atoms with E-state index in [4.69, 9.17) is 0 Å². The molecule has 0 saturated carbocycles. The molecule has 0 aliphatic carbocycles. The number of aromatic nitrogens is 2. The topological polar surface area (TPSA) is 78.1 Å². The Morgan fingerprint density at radius 3 is 2.45 bits per heavy atom. The standard InChI is InChI=1S/C15H20N4O2S/c20-22(21,19-9-1-2-10-19)15-5-3-13(4-6-15)11-16-12-14-7-8-17-18-14/h3-8,16H,1-2,9-12H2,(H,17,18). The molecule has 0 unspecified atom stereocenters. The molecule has 0 spiro atoms. The molecule has 1 aromatic heterocycles. The molecule has 2 heterocycles. The predicted octanol–water partition coefficient (Wildman–Crippen LogP) is 1.48. The first kappa shape index (κ1) is 15.2. The van der Waals surface area contributed by atoms with Gasteiger partial charge in [-0.25, -0.2) is 8.42 Å². The highest BCUT2D eigenvalue weighted by Crippen LogP contribution is 2.21. The van der Waals surface area contributed by atoms with E-state index in [-0.39, 0.29) is 0 Å². The first-order valence-corrected chi connectivity index (χ1v) is 8.88. The Labute approximate surface area is 130 Å². The van der Waals surface area contributed by atoms with E-state index in [1.54, 1.807) is 22.6 Å². The van der Waals surface area contributed by atoms with Crippen molar-refractivity contribution in [2.75, 3.05) is 13.1 Å². The van der Waals surface area contributed by atoms with Crippen LogP contribution in [0.15, 0.2) is 41.4 Å². The predicted molar refractivity (Wildman–Crippen MR) is 83.6 cm³/mol. The van der Waals surface area contributed by atoms with Gasteiger partial charge in [0.25, 0.3) is 0 Å². The second kappa shape index (κ2) is 6.60. The molecule has 1 aromatic carbocycles. The van der Waals surface area contributed by atoms with Gasteiger partial charge in [0.1, 0.15) is 0 Å². The number of hydrogen-bond acceptors (Lipinski definition) is 4. The van der Waals surface area contributed by atoms with E-state index in [1.807, 2.05) is 18.2 Å². The molecular weight excluding hydrogens is 300 g/mol. The number of H-pyrrole nitrogens is 1. The minimum absolute atomic E-state index is 0.381. The molecule has 1 fully saturated rings. The van der Waals surface area contributed by atoms with Crippen LogP contribution in [0.1, 0.15) is 24.1 Å². The van der Waals surface area contributed by atoms with E-state index in [1.165, 1.54) is 0 Å². The minimum Gasteiger partial charge on any atom is -0.307 e. The Bertz CT molecular complexity index is 690. The number of sulfonamides is 1. The van der Waals surface area contributed by atoms with Crippen molar-refractivity contribution in [3.63, 3.8) is 0 Å². The van der Waals surface area contributed by atoms with Crippen LogP contribution in [-0.2, 0) is 23.1 Å². The highest BCUT2D eigenvalue weighted by atomic mass is 32.2. The van der Waals surface area contributed by atoms with Crippen molar-refractivity contribution in [3.8, 4) is 0 Å². The van der Waals surface area contributed by atoms with Gasteiger partial charge in [-0.3, -0.25) is 5.10 Å². The van der Waals surface area contributed by atoms with Crippen LogP contribution in [0.4, 0.5) is 0 Å². The first-order valence-electron chi connectivity index (χ1n) is 7.44. The quantitative estimate of drug-likeness (QED) is 0.845. The van der Waals surface area contributed by atoms with Gasteiger partial charge >= 0.3 is 0 Å². The lowest BCUT2D eigenvalue weighted by Crippen LogP contribution is -2.27. The molecule has 1 saturated heterocycles. The molecule has 0 atom stereocenters. The molecule has 6 nitrogen and oxygen atoms in total. The summed E-state index contributed by atoms with van der Waals surface area (Å²) in [5.41, 5.74) is 2.08. The van der Waals surface area contributed by atoms with Crippen LogP contribution >= 0.6 is 0 Å². The van der Waals surface area contributed by atoms with Crippen LogP contribution in [0.25, 0.3) is 0 Å². The summed E-state index contributed by atoms with van der Waals surface area (Å²) in [6.07, 6.45) is 3.62. The summed E-state index contributed by atoms with van der Waals surface area (Å²) in [6, 6.07) is 9.03. The van der Waals surface area contributed by atoms with Crippen molar-refractivity contribution in [2.24, 2.45) is 0 Å². The van der Waals surface area contributed by atoms with Crippen molar-refractivity contribution < 1.29 is 8.42 Å². The molecule has 3 rings (SSSR count). The Hall–Kier alpha value is -1.70. The van der Waals surface area contributed by atoms with Crippen LogP contribution in [0.5, 0.6) is 0 Å². The van der Waals surface area contributed by atoms with Gasteiger partial charge in [-0.2, -0.15) is 9.40 Å². The monoisotopic (exact) mass is 320 g/mol. The van der Waals surface area contributed by atoms with Gasteiger partial charge in [-0.15, -0.1) is 0 Å². The highest BCUT2D eigenvalue weighted by molar-refractivity contribution is 7.89. The molecule has 0 amide bonds. The van der Waals surface area contributed by atoms with Crippen molar-refractivity contribution in [1.82, 2.24) is 19.8 Å². The average molecular weight is 320 g/mol. The molecule has 22 heavy (non-hydrogen) atoms. The fourth-order valence-electron chi connectivity index (χ4n) is 2.58. The van der Waals surface area contributed by atoms with Crippen molar-refractivity contribution >= 4 is 10.0 Å². The van der Waals surface area contributed by atoms with Crippen molar-refractivity contribution in [3.05, 3.63) is 47.8 Å². The third kappa shape index (κ3) is 3.37. The van der Waals surface area contributed by atoms with Crippen molar-refractivity contribution in [1.29, 1.82) is 0 Å². The molecular formula is C15H20N4O2S. The molecule has 0 radical (unpaired) electrons. The van der Waals surface area contributed by atoms with E-state index in [9.17, 15) is 8.42 Å². The van der Waals surface area contributed by atoms with Gasteiger partial charge in [-0.1, -0.05) is 12.1 Å². The van der Waals surface area contributed by atoms with E-state index < -0.39 is 10.0 Å². The van der Waals surface area contributed by atoms with Gasteiger partial charge < -0.3 is 5.32 Å². The lowest BCUT2D eigenvalue weighted by molar-refractivity contribution is 0.477. The Balaban J connectivity index is 1.60. The van der Waals surface area contributed by atoms with E-state index >= 15 is 0 Å². The SMILES string of the molecule is O=S(=O)(c1ccc(CNCc2ccn[nH]2)cc1)N1CCCC1. The fraction of sp³-hybridized carbons (Fsp3) is 0.400. The molecule has 1 aliphatic rings. The lowest BCUT2D eigenvalue weighted by Gasteiger charge is -2.15. The molecule has 7 heteroatoms. The van der Waals surface area contributed by atoms with Gasteiger partial charge in [0.05, 0.1) is 4.90 Å². The first-order chi connectivity index (χ1) is 10.7. The molecule has 118 valence electrons. The maximum atomic E-state index is 12.4. The van der Waals surface area contributed by atoms with Crippen molar-refractivity contribution in [2.45, 2.75) is 30.8 Å². The third-order valence-electron chi connectivity index (χ3n) is 3.83.